The van der Waals surface area contributed by atoms with E-state index in [9.17, 15) is 4.79 Å². The largest absolute Gasteiger partial charge is 0.340 e. The lowest BCUT2D eigenvalue weighted by molar-refractivity contribution is -0.133. The minimum atomic E-state index is 0.188. The molecule has 0 aliphatic carbocycles. The van der Waals surface area contributed by atoms with Crippen LogP contribution in [0.2, 0.25) is 5.02 Å². The van der Waals surface area contributed by atoms with Gasteiger partial charge in [-0.1, -0.05) is 16.8 Å². The predicted octanol–water partition coefficient (Wildman–Crippen LogP) is 1.77. The van der Waals surface area contributed by atoms with E-state index >= 15 is 0 Å². The summed E-state index contributed by atoms with van der Waals surface area (Å²) in [6.07, 6.45) is 1.28. The molecule has 0 spiro atoms. The van der Waals surface area contributed by atoms with Gasteiger partial charge in [-0.05, 0) is 37.2 Å². The van der Waals surface area contributed by atoms with Gasteiger partial charge in [-0.2, -0.15) is 4.98 Å². The number of carbonyl (C=O) groups is 1. The van der Waals surface area contributed by atoms with Crippen molar-refractivity contribution < 1.29 is 9.32 Å². The van der Waals surface area contributed by atoms with Gasteiger partial charge in [-0.15, -0.1) is 0 Å². The lowest BCUT2D eigenvalue weighted by Crippen LogP contribution is -2.48. The van der Waals surface area contributed by atoms with Gasteiger partial charge in [-0.25, -0.2) is 0 Å². The normalized spacial score (nSPS) is 15.5. The Morgan fingerprint density at radius 3 is 2.60 bits per heavy atom. The van der Waals surface area contributed by atoms with Crippen LogP contribution < -0.4 is 5.73 Å². The van der Waals surface area contributed by atoms with Crippen molar-refractivity contribution in [1.29, 1.82) is 0 Å². The lowest BCUT2D eigenvalue weighted by Gasteiger charge is -2.34. The summed E-state index contributed by atoms with van der Waals surface area (Å²) in [4.78, 5) is 20.6. The average Bonchev–Trinajstić information content (AvgIpc) is 3.09. The van der Waals surface area contributed by atoms with Crippen LogP contribution in [0.15, 0.2) is 28.8 Å². The molecule has 0 bridgehead atoms. The Hall–Kier alpha value is -1.96. The van der Waals surface area contributed by atoms with E-state index in [4.69, 9.17) is 21.9 Å². The van der Waals surface area contributed by atoms with Crippen LogP contribution in [0.25, 0.3) is 11.4 Å². The quantitative estimate of drug-likeness (QED) is 0.841. The minimum Gasteiger partial charge on any atom is -0.340 e. The van der Waals surface area contributed by atoms with E-state index in [1.165, 1.54) is 0 Å². The summed E-state index contributed by atoms with van der Waals surface area (Å²) in [6.45, 7) is 4.19. The molecule has 1 aliphatic rings. The molecule has 0 atom stereocenters. The smallest absolute Gasteiger partial charge is 0.241 e. The van der Waals surface area contributed by atoms with Gasteiger partial charge in [-0.3, -0.25) is 9.69 Å². The fourth-order valence-electron chi connectivity index (χ4n) is 2.79. The molecule has 0 saturated carbocycles. The Morgan fingerprint density at radius 2 is 1.92 bits per heavy atom. The van der Waals surface area contributed by atoms with Crippen molar-refractivity contribution >= 4 is 17.5 Å². The molecule has 1 amide bonds. The molecular formula is C17H22ClN5O2. The third-order valence-electron chi connectivity index (χ3n) is 4.25. The molecule has 1 aliphatic heterocycles. The summed E-state index contributed by atoms with van der Waals surface area (Å²) >= 11 is 5.89. The van der Waals surface area contributed by atoms with Crippen LogP contribution in [0.3, 0.4) is 0 Å². The average molecular weight is 364 g/mol. The van der Waals surface area contributed by atoms with Gasteiger partial charge in [0.2, 0.25) is 17.6 Å². The topological polar surface area (TPSA) is 88.5 Å². The third-order valence-corrected chi connectivity index (χ3v) is 4.50. The van der Waals surface area contributed by atoms with Gasteiger partial charge in [0.05, 0.1) is 6.54 Å². The zero-order chi connectivity index (χ0) is 17.6. The monoisotopic (exact) mass is 363 g/mol. The standard InChI is InChI=1S/C17H22ClN5O2/c18-14-5-3-13(4-6-14)17-20-15(25-21-17)12-22-8-10-23(11-9-22)16(24)2-1-7-19/h3-6H,1-2,7-12,19H2. The summed E-state index contributed by atoms with van der Waals surface area (Å²) in [5.41, 5.74) is 6.33. The molecule has 8 heteroatoms. The van der Waals surface area contributed by atoms with E-state index in [2.05, 4.69) is 15.0 Å². The Bertz CT molecular complexity index is 695. The van der Waals surface area contributed by atoms with Crippen LogP contribution in [-0.2, 0) is 11.3 Å². The molecule has 0 unspecified atom stereocenters. The number of carbonyl (C=O) groups excluding carboxylic acids is 1. The van der Waals surface area contributed by atoms with Crippen LogP contribution in [0.1, 0.15) is 18.7 Å². The number of benzene rings is 1. The van der Waals surface area contributed by atoms with Gasteiger partial charge >= 0.3 is 0 Å². The van der Waals surface area contributed by atoms with E-state index in [-0.39, 0.29) is 5.91 Å². The van der Waals surface area contributed by atoms with Crippen molar-refractivity contribution in [1.82, 2.24) is 19.9 Å². The first kappa shape index (κ1) is 17.8. The van der Waals surface area contributed by atoms with E-state index in [0.717, 1.165) is 38.2 Å². The highest BCUT2D eigenvalue weighted by Crippen LogP contribution is 2.19. The highest BCUT2D eigenvalue weighted by Gasteiger charge is 2.22. The Labute approximate surface area is 151 Å². The molecule has 1 fully saturated rings. The van der Waals surface area contributed by atoms with Crippen LogP contribution in [0.4, 0.5) is 0 Å². The summed E-state index contributed by atoms with van der Waals surface area (Å²) < 4.78 is 5.35. The Balaban J connectivity index is 1.51. The van der Waals surface area contributed by atoms with Gasteiger partial charge in [0.1, 0.15) is 0 Å². The molecule has 1 aromatic heterocycles. The van der Waals surface area contributed by atoms with E-state index in [1.54, 1.807) is 12.1 Å². The number of piperazine rings is 1. The van der Waals surface area contributed by atoms with Gasteiger partial charge in [0, 0.05) is 43.2 Å². The maximum absolute atomic E-state index is 12.0. The number of amides is 1. The molecule has 2 N–H and O–H groups in total. The van der Waals surface area contributed by atoms with E-state index in [0.29, 0.717) is 36.2 Å². The first-order chi connectivity index (χ1) is 12.2. The molecular weight excluding hydrogens is 342 g/mol. The molecule has 134 valence electrons. The number of nitrogens with zero attached hydrogens (tertiary/aromatic N) is 4. The molecule has 3 rings (SSSR count). The molecule has 2 heterocycles. The second kappa shape index (κ2) is 8.42. The first-order valence-corrected chi connectivity index (χ1v) is 8.82. The summed E-state index contributed by atoms with van der Waals surface area (Å²) in [5, 5.41) is 4.70. The number of hydrogen-bond donors (Lipinski definition) is 1. The highest BCUT2D eigenvalue weighted by molar-refractivity contribution is 6.30. The third kappa shape index (κ3) is 4.78. The summed E-state index contributed by atoms with van der Waals surface area (Å²) in [5.74, 6) is 1.32. The molecule has 7 nitrogen and oxygen atoms in total. The number of rotatable bonds is 6. The zero-order valence-corrected chi connectivity index (χ0v) is 14.8. The van der Waals surface area contributed by atoms with Gasteiger partial charge < -0.3 is 15.2 Å². The lowest BCUT2D eigenvalue weighted by atomic mass is 10.2. The van der Waals surface area contributed by atoms with Gasteiger partial charge in [0.15, 0.2) is 0 Å². The minimum absolute atomic E-state index is 0.188. The van der Waals surface area contributed by atoms with Crippen molar-refractivity contribution in [2.45, 2.75) is 19.4 Å². The van der Waals surface area contributed by atoms with Crippen LogP contribution in [0.5, 0.6) is 0 Å². The molecule has 25 heavy (non-hydrogen) atoms. The highest BCUT2D eigenvalue weighted by atomic mass is 35.5. The maximum Gasteiger partial charge on any atom is 0.241 e. The number of aromatic nitrogens is 2. The second-order valence-electron chi connectivity index (χ2n) is 6.07. The fraction of sp³-hybridized carbons (Fsp3) is 0.471. The fourth-order valence-corrected chi connectivity index (χ4v) is 2.92. The zero-order valence-electron chi connectivity index (χ0n) is 14.0. The number of halogens is 1. The molecule has 1 aromatic carbocycles. The van der Waals surface area contributed by atoms with E-state index in [1.807, 2.05) is 17.0 Å². The molecule has 2 aromatic rings. The maximum atomic E-state index is 12.0. The Kier molecular flexibility index (Phi) is 6.01. The Morgan fingerprint density at radius 1 is 1.20 bits per heavy atom. The first-order valence-electron chi connectivity index (χ1n) is 8.44. The number of nitrogens with two attached hydrogens (primary N) is 1. The van der Waals surface area contributed by atoms with Crippen LogP contribution >= 0.6 is 11.6 Å². The summed E-state index contributed by atoms with van der Waals surface area (Å²) in [6, 6.07) is 7.33. The summed E-state index contributed by atoms with van der Waals surface area (Å²) in [7, 11) is 0. The van der Waals surface area contributed by atoms with Crippen molar-refractivity contribution in [3.63, 3.8) is 0 Å². The van der Waals surface area contributed by atoms with Crippen molar-refractivity contribution in [2.24, 2.45) is 5.73 Å². The molecule has 0 radical (unpaired) electrons. The SMILES string of the molecule is NCCCC(=O)N1CCN(Cc2nc(-c3ccc(Cl)cc3)no2)CC1. The molecule has 1 saturated heterocycles. The number of hydrogen-bond acceptors (Lipinski definition) is 6. The predicted molar refractivity (Wildman–Crippen MR) is 94.9 cm³/mol. The van der Waals surface area contributed by atoms with Crippen LogP contribution in [-0.4, -0.2) is 58.6 Å². The van der Waals surface area contributed by atoms with Crippen molar-refractivity contribution in [2.75, 3.05) is 32.7 Å². The van der Waals surface area contributed by atoms with Crippen molar-refractivity contribution in [3.8, 4) is 11.4 Å². The van der Waals surface area contributed by atoms with Gasteiger partial charge in [0.25, 0.3) is 0 Å². The second-order valence-corrected chi connectivity index (χ2v) is 6.50. The van der Waals surface area contributed by atoms with Crippen LogP contribution in [0, 0.1) is 0 Å². The van der Waals surface area contributed by atoms with E-state index < -0.39 is 0 Å². The van der Waals surface area contributed by atoms with Crippen molar-refractivity contribution in [3.05, 3.63) is 35.2 Å².